The summed E-state index contributed by atoms with van der Waals surface area (Å²) in [5.74, 6) is -0.268. The van der Waals surface area contributed by atoms with Crippen molar-refractivity contribution in [3.63, 3.8) is 0 Å². The van der Waals surface area contributed by atoms with Crippen molar-refractivity contribution in [3.8, 4) is 0 Å². The zero-order valence-corrected chi connectivity index (χ0v) is 11.8. The summed E-state index contributed by atoms with van der Waals surface area (Å²) in [6.07, 6.45) is 0.631. The fraction of sp³-hybridized carbons (Fsp3) is 0.167. The van der Waals surface area contributed by atoms with Crippen molar-refractivity contribution in [2.45, 2.75) is 13.3 Å². The minimum Gasteiger partial charge on any atom is -0.466 e. The molecule has 0 aromatic heterocycles. The van der Waals surface area contributed by atoms with E-state index in [4.69, 9.17) is 4.74 Å². The molecule has 0 aliphatic rings. The smallest absolute Gasteiger partial charge is 0.334 e. The highest BCUT2D eigenvalue weighted by Gasteiger charge is 2.17. The predicted octanol–water partition coefficient (Wildman–Crippen LogP) is 4.07. The van der Waals surface area contributed by atoms with Gasteiger partial charge in [0.1, 0.15) is 0 Å². The number of rotatable bonds is 4. The van der Waals surface area contributed by atoms with E-state index in [9.17, 15) is 4.79 Å². The fourth-order valence-corrected chi connectivity index (χ4v) is 2.27. The van der Waals surface area contributed by atoms with Crippen LogP contribution in [0.15, 0.2) is 66.2 Å². The lowest BCUT2D eigenvalue weighted by Gasteiger charge is -2.13. The largest absolute Gasteiger partial charge is 0.466 e. The van der Waals surface area contributed by atoms with Crippen LogP contribution in [0, 0.1) is 0 Å². The lowest BCUT2D eigenvalue weighted by Crippen LogP contribution is -2.08. The number of carbonyl (C=O) groups excluding carboxylic acids is 1. The van der Waals surface area contributed by atoms with Crippen molar-refractivity contribution >= 4 is 11.5 Å². The van der Waals surface area contributed by atoms with Gasteiger partial charge in [-0.25, -0.2) is 4.79 Å². The van der Waals surface area contributed by atoms with E-state index in [1.54, 1.807) is 0 Å². The van der Waals surface area contributed by atoms with Crippen LogP contribution in [0.5, 0.6) is 0 Å². The molecule has 0 bridgehead atoms. The van der Waals surface area contributed by atoms with Crippen LogP contribution in [0.2, 0.25) is 0 Å². The Morgan fingerprint density at radius 3 is 1.70 bits per heavy atom. The molecule has 0 saturated heterocycles. The van der Waals surface area contributed by atoms with Gasteiger partial charge in [-0.1, -0.05) is 67.6 Å². The molecule has 0 unspecified atom stereocenters. The van der Waals surface area contributed by atoms with E-state index in [1.807, 2.05) is 67.6 Å². The fourth-order valence-electron chi connectivity index (χ4n) is 2.27. The molecule has 2 rings (SSSR count). The number of ether oxygens (including phenoxy) is 1. The summed E-state index contributed by atoms with van der Waals surface area (Å²) in [5, 5.41) is 0. The van der Waals surface area contributed by atoms with Gasteiger partial charge in [-0.3, -0.25) is 0 Å². The van der Waals surface area contributed by atoms with E-state index in [0.717, 1.165) is 16.7 Å². The third kappa shape index (κ3) is 2.97. The SMILES string of the molecule is CCC(C(=O)OC)=C(c1ccccc1)c1ccccc1. The topological polar surface area (TPSA) is 26.3 Å². The molecule has 0 amide bonds. The van der Waals surface area contributed by atoms with Crippen LogP contribution >= 0.6 is 0 Å². The van der Waals surface area contributed by atoms with Gasteiger partial charge in [-0.2, -0.15) is 0 Å². The minimum absolute atomic E-state index is 0.268. The molecule has 0 aliphatic heterocycles. The molecular weight excluding hydrogens is 248 g/mol. The van der Waals surface area contributed by atoms with E-state index in [0.29, 0.717) is 12.0 Å². The Balaban J connectivity index is 2.67. The molecule has 0 atom stereocenters. The van der Waals surface area contributed by atoms with Crippen LogP contribution in [0.25, 0.3) is 5.57 Å². The Bertz CT molecular complexity index is 556. The average molecular weight is 266 g/mol. The van der Waals surface area contributed by atoms with Gasteiger partial charge >= 0.3 is 5.97 Å². The summed E-state index contributed by atoms with van der Waals surface area (Å²) in [5.41, 5.74) is 3.70. The molecule has 102 valence electrons. The molecule has 20 heavy (non-hydrogen) atoms. The van der Waals surface area contributed by atoms with Crippen molar-refractivity contribution < 1.29 is 9.53 Å². The average Bonchev–Trinajstić information content (AvgIpc) is 2.53. The first-order valence-corrected chi connectivity index (χ1v) is 6.70. The van der Waals surface area contributed by atoms with Crippen LogP contribution in [0.3, 0.4) is 0 Å². The van der Waals surface area contributed by atoms with E-state index < -0.39 is 0 Å². The molecule has 2 nitrogen and oxygen atoms in total. The highest BCUT2D eigenvalue weighted by molar-refractivity contribution is 6.01. The van der Waals surface area contributed by atoms with Crippen LogP contribution in [-0.4, -0.2) is 13.1 Å². The molecule has 2 aromatic carbocycles. The van der Waals surface area contributed by atoms with E-state index in [2.05, 4.69) is 0 Å². The number of carbonyl (C=O) groups is 1. The van der Waals surface area contributed by atoms with Gasteiger partial charge in [0.25, 0.3) is 0 Å². The van der Waals surface area contributed by atoms with Gasteiger partial charge in [-0.15, -0.1) is 0 Å². The Morgan fingerprint density at radius 2 is 1.35 bits per heavy atom. The van der Waals surface area contributed by atoms with Crippen molar-refractivity contribution in [1.82, 2.24) is 0 Å². The number of methoxy groups -OCH3 is 1. The Labute approximate surface area is 119 Å². The molecule has 0 spiro atoms. The van der Waals surface area contributed by atoms with E-state index >= 15 is 0 Å². The van der Waals surface area contributed by atoms with Crippen molar-refractivity contribution in [2.24, 2.45) is 0 Å². The van der Waals surface area contributed by atoms with Gasteiger partial charge in [0, 0.05) is 5.57 Å². The number of hydrogen-bond donors (Lipinski definition) is 0. The van der Waals surface area contributed by atoms with Gasteiger partial charge in [0.05, 0.1) is 7.11 Å². The van der Waals surface area contributed by atoms with Crippen LogP contribution in [-0.2, 0) is 9.53 Å². The summed E-state index contributed by atoms with van der Waals surface area (Å²) in [7, 11) is 1.42. The second-order valence-electron chi connectivity index (χ2n) is 4.43. The van der Waals surface area contributed by atoms with Crippen molar-refractivity contribution in [3.05, 3.63) is 77.4 Å². The quantitative estimate of drug-likeness (QED) is 0.616. The molecule has 0 radical (unpaired) electrons. The van der Waals surface area contributed by atoms with E-state index in [-0.39, 0.29) is 5.97 Å². The molecule has 0 heterocycles. The summed E-state index contributed by atoms with van der Waals surface area (Å²) >= 11 is 0. The maximum Gasteiger partial charge on any atom is 0.334 e. The zero-order valence-electron chi connectivity index (χ0n) is 11.8. The highest BCUT2D eigenvalue weighted by Crippen LogP contribution is 2.28. The van der Waals surface area contributed by atoms with E-state index in [1.165, 1.54) is 7.11 Å². The first kappa shape index (κ1) is 14.1. The lowest BCUT2D eigenvalue weighted by atomic mass is 9.92. The van der Waals surface area contributed by atoms with Gasteiger partial charge in [-0.05, 0) is 23.1 Å². The second kappa shape index (κ2) is 6.71. The normalized spacial score (nSPS) is 9.90. The first-order chi connectivity index (χ1) is 9.77. The Kier molecular flexibility index (Phi) is 4.72. The molecule has 0 N–H and O–H groups in total. The molecule has 0 fully saturated rings. The monoisotopic (exact) mass is 266 g/mol. The van der Waals surface area contributed by atoms with Gasteiger partial charge in [0.15, 0.2) is 0 Å². The third-order valence-electron chi connectivity index (χ3n) is 3.21. The third-order valence-corrected chi connectivity index (χ3v) is 3.21. The Hall–Kier alpha value is -2.35. The molecule has 0 saturated carbocycles. The summed E-state index contributed by atoms with van der Waals surface area (Å²) in [6, 6.07) is 19.9. The molecule has 0 aliphatic carbocycles. The molecule has 2 heteroatoms. The predicted molar refractivity (Wildman–Crippen MR) is 81.2 cm³/mol. The number of hydrogen-bond acceptors (Lipinski definition) is 2. The number of esters is 1. The first-order valence-electron chi connectivity index (χ1n) is 6.70. The van der Waals surface area contributed by atoms with Gasteiger partial charge < -0.3 is 4.74 Å². The number of benzene rings is 2. The van der Waals surface area contributed by atoms with Crippen LogP contribution < -0.4 is 0 Å². The maximum absolute atomic E-state index is 12.1. The zero-order chi connectivity index (χ0) is 14.4. The van der Waals surface area contributed by atoms with Crippen LogP contribution in [0.1, 0.15) is 24.5 Å². The molecular formula is C18H18O2. The standard InChI is InChI=1S/C18H18O2/c1-3-16(18(19)20-2)17(14-10-6-4-7-11-14)15-12-8-5-9-13-15/h4-13H,3H2,1-2H3. The van der Waals surface area contributed by atoms with Gasteiger partial charge in [0.2, 0.25) is 0 Å². The molecule has 2 aromatic rings. The summed E-state index contributed by atoms with van der Waals surface area (Å²) in [4.78, 5) is 12.1. The summed E-state index contributed by atoms with van der Waals surface area (Å²) < 4.78 is 4.93. The highest BCUT2D eigenvalue weighted by atomic mass is 16.5. The maximum atomic E-state index is 12.1. The second-order valence-corrected chi connectivity index (χ2v) is 4.43. The minimum atomic E-state index is -0.268. The summed E-state index contributed by atoms with van der Waals surface area (Å²) in [6.45, 7) is 1.97. The Morgan fingerprint density at radius 1 is 0.900 bits per heavy atom. The lowest BCUT2D eigenvalue weighted by molar-refractivity contribution is -0.136. The van der Waals surface area contributed by atoms with Crippen molar-refractivity contribution in [1.29, 1.82) is 0 Å². The van der Waals surface area contributed by atoms with Crippen LogP contribution in [0.4, 0.5) is 0 Å². The van der Waals surface area contributed by atoms with Crippen molar-refractivity contribution in [2.75, 3.05) is 7.11 Å².